The Bertz CT molecular complexity index is 1120. The highest BCUT2D eigenvalue weighted by Crippen LogP contribution is 2.23. The SMILES string of the molecule is COc1ccc2c(c1)cc(C(=O)NCCc1nc(-c3cccnc3)n[nH]1)n2C. The van der Waals surface area contributed by atoms with E-state index in [0.29, 0.717) is 30.3 Å². The van der Waals surface area contributed by atoms with Crippen molar-refractivity contribution in [2.45, 2.75) is 6.42 Å². The first-order chi connectivity index (χ1) is 13.7. The molecule has 0 bridgehead atoms. The molecule has 4 rings (SSSR count). The zero-order valence-corrected chi connectivity index (χ0v) is 15.6. The largest absolute Gasteiger partial charge is 0.497 e. The third-order valence-corrected chi connectivity index (χ3v) is 4.58. The second-order valence-corrected chi connectivity index (χ2v) is 6.37. The van der Waals surface area contributed by atoms with Crippen LogP contribution in [0.4, 0.5) is 0 Å². The molecule has 8 heteroatoms. The summed E-state index contributed by atoms with van der Waals surface area (Å²) < 4.78 is 7.12. The lowest BCUT2D eigenvalue weighted by Gasteiger charge is -2.05. The van der Waals surface area contributed by atoms with Gasteiger partial charge < -0.3 is 14.6 Å². The topological polar surface area (TPSA) is 97.7 Å². The van der Waals surface area contributed by atoms with Crippen LogP contribution in [0.5, 0.6) is 5.75 Å². The van der Waals surface area contributed by atoms with Gasteiger partial charge in [-0.3, -0.25) is 14.9 Å². The summed E-state index contributed by atoms with van der Waals surface area (Å²) in [5, 5.41) is 11.0. The van der Waals surface area contributed by atoms with Crippen LogP contribution in [0.1, 0.15) is 16.3 Å². The summed E-state index contributed by atoms with van der Waals surface area (Å²) in [6.07, 6.45) is 3.97. The van der Waals surface area contributed by atoms with Crippen molar-refractivity contribution in [1.82, 2.24) is 30.0 Å². The molecule has 4 aromatic rings. The number of amides is 1. The number of nitrogens with one attached hydrogen (secondary N) is 2. The molecule has 142 valence electrons. The summed E-state index contributed by atoms with van der Waals surface area (Å²) in [4.78, 5) is 21.1. The van der Waals surface area contributed by atoms with Crippen LogP contribution in [0.2, 0.25) is 0 Å². The van der Waals surface area contributed by atoms with Gasteiger partial charge in [0, 0.05) is 48.9 Å². The number of fused-ring (bicyclic) bond motifs is 1. The van der Waals surface area contributed by atoms with Gasteiger partial charge >= 0.3 is 0 Å². The van der Waals surface area contributed by atoms with Crippen molar-refractivity contribution in [3.8, 4) is 17.1 Å². The number of H-pyrrole nitrogens is 1. The van der Waals surface area contributed by atoms with E-state index in [9.17, 15) is 4.79 Å². The zero-order valence-electron chi connectivity index (χ0n) is 15.6. The number of hydrogen-bond donors (Lipinski definition) is 2. The van der Waals surface area contributed by atoms with Crippen molar-refractivity contribution in [3.63, 3.8) is 0 Å². The minimum atomic E-state index is -0.135. The maximum absolute atomic E-state index is 12.6. The van der Waals surface area contributed by atoms with Crippen LogP contribution in [0.15, 0.2) is 48.8 Å². The number of pyridine rings is 1. The van der Waals surface area contributed by atoms with Gasteiger partial charge in [0.1, 0.15) is 17.3 Å². The van der Waals surface area contributed by atoms with Crippen LogP contribution in [0, 0.1) is 0 Å². The first kappa shape index (κ1) is 17.7. The van der Waals surface area contributed by atoms with Crippen LogP contribution >= 0.6 is 0 Å². The van der Waals surface area contributed by atoms with Gasteiger partial charge in [-0.15, -0.1) is 0 Å². The molecule has 0 aliphatic rings. The van der Waals surface area contributed by atoms with E-state index >= 15 is 0 Å². The number of methoxy groups -OCH3 is 1. The second kappa shape index (κ2) is 7.51. The van der Waals surface area contributed by atoms with Gasteiger partial charge in [0.2, 0.25) is 0 Å². The first-order valence-corrected chi connectivity index (χ1v) is 8.89. The summed E-state index contributed by atoms with van der Waals surface area (Å²) in [6.45, 7) is 0.450. The lowest BCUT2D eigenvalue weighted by Crippen LogP contribution is -2.27. The molecule has 1 amide bonds. The number of rotatable bonds is 6. The summed E-state index contributed by atoms with van der Waals surface area (Å²) in [7, 11) is 3.50. The summed E-state index contributed by atoms with van der Waals surface area (Å²) in [6, 6.07) is 11.3. The van der Waals surface area contributed by atoms with Crippen molar-refractivity contribution < 1.29 is 9.53 Å². The van der Waals surface area contributed by atoms with Gasteiger partial charge in [0.25, 0.3) is 5.91 Å². The fraction of sp³-hybridized carbons (Fsp3) is 0.200. The highest BCUT2D eigenvalue weighted by Gasteiger charge is 2.14. The zero-order chi connectivity index (χ0) is 19.5. The number of carbonyl (C=O) groups excluding carboxylic acids is 1. The molecule has 0 saturated carbocycles. The maximum Gasteiger partial charge on any atom is 0.267 e. The molecule has 0 spiro atoms. The minimum Gasteiger partial charge on any atom is -0.497 e. The van der Waals surface area contributed by atoms with Crippen LogP contribution < -0.4 is 10.1 Å². The standard InChI is InChI=1S/C20H20N6O2/c1-26-16-6-5-15(28-2)10-14(16)11-17(26)20(27)22-9-7-18-23-19(25-24-18)13-4-3-8-21-12-13/h3-6,8,10-12H,7,9H2,1-2H3,(H,22,27)(H,23,24,25). The molecule has 28 heavy (non-hydrogen) atoms. The van der Waals surface area contributed by atoms with Crippen molar-refractivity contribution in [3.05, 3.63) is 60.3 Å². The fourth-order valence-electron chi connectivity index (χ4n) is 3.09. The maximum atomic E-state index is 12.6. The molecule has 0 fully saturated rings. The number of aromatic amines is 1. The fourth-order valence-corrected chi connectivity index (χ4v) is 3.09. The molecule has 0 aliphatic heterocycles. The number of benzene rings is 1. The van der Waals surface area contributed by atoms with Gasteiger partial charge in [0.05, 0.1) is 7.11 Å². The highest BCUT2D eigenvalue weighted by atomic mass is 16.5. The molecule has 1 aromatic carbocycles. The van der Waals surface area contributed by atoms with E-state index in [2.05, 4.69) is 25.5 Å². The molecule has 0 radical (unpaired) electrons. The van der Waals surface area contributed by atoms with Crippen LogP contribution in [-0.4, -0.2) is 44.3 Å². The molecule has 3 heterocycles. The summed E-state index contributed by atoms with van der Waals surface area (Å²) in [5.41, 5.74) is 2.42. The predicted octanol–water partition coefficient (Wildman–Crippen LogP) is 2.34. The molecular weight excluding hydrogens is 356 g/mol. The quantitative estimate of drug-likeness (QED) is 0.538. The van der Waals surface area contributed by atoms with E-state index in [1.54, 1.807) is 19.5 Å². The molecule has 0 saturated heterocycles. The minimum absolute atomic E-state index is 0.135. The van der Waals surface area contributed by atoms with Crippen molar-refractivity contribution in [2.75, 3.05) is 13.7 Å². The number of ether oxygens (including phenoxy) is 1. The third kappa shape index (κ3) is 3.44. The van der Waals surface area contributed by atoms with Gasteiger partial charge in [-0.25, -0.2) is 4.98 Å². The number of hydrogen-bond acceptors (Lipinski definition) is 5. The molecule has 0 aliphatic carbocycles. The molecular formula is C20H20N6O2. The average Bonchev–Trinajstić information content (AvgIpc) is 3.33. The summed E-state index contributed by atoms with van der Waals surface area (Å²) in [5.74, 6) is 1.93. The van der Waals surface area contributed by atoms with E-state index in [0.717, 1.165) is 22.2 Å². The van der Waals surface area contributed by atoms with Crippen molar-refractivity contribution in [2.24, 2.45) is 7.05 Å². The molecule has 0 unspecified atom stereocenters. The number of nitrogens with zero attached hydrogens (tertiary/aromatic N) is 4. The molecule has 8 nitrogen and oxygen atoms in total. The van der Waals surface area contributed by atoms with E-state index in [1.165, 1.54) is 0 Å². The highest BCUT2D eigenvalue weighted by molar-refractivity contribution is 5.99. The van der Waals surface area contributed by atoms with Gasteiger partial charge in [-0.1, -0.05) is 0 Å². The number of aryl methyl sites for hydroxylation is 1. The van der Waals surface area contributed by atoms with Gasteiger partial charge in [0.15, 0.2) is 5.82 Å². The third-order valence-electron chi connectivity index (χ3n) is 4.58. The van der Waals surface area contributed by atoms with E-state index in [4.69, 9.17) is 4.74 Å². The Morgan fingerprint density at radius 1 is 1.29 bits per heavy atom. The first-order valence-electron chi connectivity index (χ1n) is 8.89. The molecule has 3 aromatic heterocycles. The second-order valence-electron chi connectivity index (χ2n) is 6.37. The average molecular weight is 376 g/mol. The van der Waals surface area contributed by atoms with Gasteiger partial charge in [-0.05, 0) is 36.4 Å². The molecule has 0 atom stereocenters. The van der Waals surface area contributed by atoms with Crippen molar-refractivity contribution in [1.29, 1.82) is 0 Å². The smallest absolute Gasteiger partial charge is 0.267 e. The summed E-state index contributed by atoms with van der Waals surface area (Å²) >= 11 is 0. The Hall–Kier alpha value is -3.68. The van der Waals surface area contributed by atoms with Gasteiger partial charge in [-0.2, -0.15) is 5.10 Å². The Balaban J connectivity index is 1.40. The Morgan fingerprint density at radius 2 is 2.18 bits per heavy atom. The molecule has 2 N–H and O–H groups in total. The predicted molar refractivity (Wildman–Crippen MR) is 105 cm³/mol. The Labute approximate surface area is 161 Å². The van der Waals surface area contributed by atoms with Crippen LogP contribution in [0.25, 0.3) is 22.3 Å². The number of aromatic nitrogens is 5. The van der Waals surface area contributed by atoms with Crippen molar-refractivity contribution >= 4 is 16.8 Å². The Kier molecular flexibility index (Phi) is 4.76. The number of carbonyl (C=O) groups is 1. The van der Waals surface area contributed by atoms with E-state index in [1.807, 2.05) is 48.0 Å². The normalized spacial score (nSPS) is 10.9. The lowest BCUT2D eigenvalue weighted by atomic mass is 10.2. The van der Waals surface area contributed by atoms with E-state index in [-0.39, 0.29) is 5.91 Å². The van der Waals surface area contributed by atoms with E-state index < -0.39 is 0 Å². The van der Waals surface area contributed by atoms with Crippen LogP contribution in [-0.2, 0) is 13.5 Å². The Morgan fingerprint density at radius 3 is 2.96 bits per heavy atom. The van der Waals surface area contributed by atoms with Crippen LogP contribution in [0.3, 0.4) is 0 Å². The lowest BCUT2D eigenvalue weighted by molar-refractivity contribution is 0.0946. The monoisotopic (exact) mass is 376 g/mol.